The van der Waals surface area contributed by atoms with Crippen molar-refractivity contribution in [2.45, 2.75) is 45.4 Å². The molecule has 1 unspecified atom stereocenters. The number of carbonyl (C=O) groups excluding carboxylic acids is 2. The minimum atomic E-state index is -0.280. The maximum absolute atomic E-state index is 13.0. The second kappa shape index (κ2) is 11.4. The van der Waals surface area contributed by atoms with Crippen LogP contribution in [0.25, 0.3) is 0 Å². The summed E-state index contributed by atoms with van der Waals surface area (Å²) >= 11 is 6.18. The van der Waals surface area contributed by atoms with Gasteiger partial charge in [0.15, 0.2) is 0 Å². The van der Waals surface area contributed by atoms with Gasteiger partial charge in [-0.3, -0.25) is 4.79 Å². The fourth-order valence-corrected chi connectivity index (χ4v) is 4.09. The summed E-state index contributed by atoms with van der Waals surface area (Å²) in [6.07, 6.45) is 1.99. The van der Waals surface area contributed by atoms with Crippen LogP contribution in [0.2, 0.25) is 5.02 Å². The lowest BCUT2D eigenvalue weighted by Crippen LogP contribution is -2.45. The highest BCUT2D eigenvalue weighted by molar-refractivity contribution is 6.34. The number of nitrogens with zero attached hydrogens (tertiary/aromatic N) is 2. The quantitative estimate of drug-likeness (QED) is 0.581. The van der Waals surface area contributed by atoms with Gasteiger partial charge in [-0.2, -0.15) is 0 Å². The zero-order valence-corrected chi connectivity index (χ0v) is 20.5. The van der Waals surface area contributed by atoms with E-state index >= 15 is 0 Å². The van der Waals surface area contributed by atoms with Crippen LogP contribution >= 0.6 is 11.6 Å². The summed E-state index contributed by atoms with van der Waals surface area (Å²) in [5.74, 6) is -0.280. The normalized spacial score (nSPS) is 15.4. The van der Waals surface area contributed by atoms with Crippen LogP contribution in [-0.2, 0) is 11.3 Å². The first-order valence-electron chi connectivity index (χ1n) is 11.3. The molecule has 8 heteroatoms. The second-order valence-electron chi connectivity index (χ2n) is 8.79. The van der Waals surface area contributed by atoms with Gasteiger partial charge >= 0.3 is 6.03 Å². The van der Waals surface area contributed by atoms with Gasteiger partial charge in [0, 0.05) is 51.2 Å². The van der Waals surface area contributed by atoms with Gasteiger partial charge in [-0.25, -0.2) is 4.79 Å². The summed E-state index contributed by atoms with van der Waals surface area (Å²) in [7, 11) is 3.92. The van der Waals surface area contributed by atoms with E-state index in [0.29, 0.717) is 29.4 Å². The molecule has 1 aliphatic rings. The van der Waals surface area contributed by atoms with Gasteiger partial charge in [0.05, 0.1) is 16.7 Å². The number of urea groups is 1. The minimum Gasteiger partial charge on any atom is -0.377 e. The van der Waals surface area contributed by atoms with Crippen LogP contribution in [0.15, 0.2) is 42.5 Å². The molecule has 0 bridgehead atoms. The lowest BCUT2D eigenvalue weighted by molar-refractivity contribution is 0.0791. The zero-order chi connectivity index (χ0) is 24.0. The van der Waals surface area contributed by atoms with Crippen LogP contribution in [0.3, 0.4) is 0 Å². The van der Waals surface area contributed by atoms with E-state index in [-0.39, 0.29) is 24.1 Å². The molecule has 2 aromatic carbocycles. The molecule has 1 fully saturated rings. The molecule has 1 atom stereocenters. The topological polar surface area (TPSA) is 73.9 Å². The first kappa shape index (κ1) is 24.9. The molecule has 0 aliphatic carbocycles. The number of rotatable bonds is 8. The number of hydrogen-bond acceptors (Lipinski definition) is 4. The SMILES string of the molecule is CC(C)NC(=O)N(Cc1cc(NC(=O)c2ccccc2Cl)ccc1N(C)C)CC1CCCO1. The van der Waals surface area contributed by atoms with Crippen LogP contribution < -0.4 is 15.5 Å². The molecular formula is C25H33ClN4O3. The van der Waals surface area contributed by atoms with E-state index in [4.69, 9.17) is 16.3 Å². The maximum atomic E-state index is 13.0. The Labute approximate surface area is 201 Å². The lowest BCUT2D eigenvalue weighted by Gasteiger charge is -2.29. The van der Waals surface area contributed by atoms with Crippen molar-refractivity contribution in [1.29, 1.82) is 0 Å². The molecule has 33 heavy (non-hydrogen) atoms. The van der Waals surface area contributed by atoms with Gasteiger partial charge in [0.2, 0.25) is 0 Å². The summed E-state index contributed by atoms with van der Waals surface area (Å²) in [5, 5.41) is 6.32. The summed E-state index contributed by atoms with van der Waals surface area (Å²) in [5.41, 5.74) is 2.95. The Kier molecular flexibility index (Phi) is 8.58. The Bertz CT molecular complexity index is 974. The van der Waals surface area contributed by atoms with Crippen molar-refractivity contribution >= 4 is 34.9 Å². The predicted molar refractivity (Wildman–Crippen MR) is 133 cm³/mol. The largest absolute Gasteiger partial charge is 0.377 e. The molecule has 1 saturated heterocycles. The maximum Gasteiger partial charge on any atom is 0.317 e. The molecule has 0 aromatic heterocycles. The van der Waals surface area contributed by atoms with Gasteiger partial charge in [-0.1, -0.05) is 23.7 Å². The van der Waals surface area contributed by atoms with Gasteiger partial charge in [0.25, 0.3) is 5.91 Å². The molecule has 0 radical (unpaired) electrons. The van der Waals surface area contributed by atoms with E-state index < -0.39 is 0 Å². The highest BCUT2D eigenvalue weighted by Crippen LogP contribution is 2.26. The summed E-state index contributed by atoms with van der Waals surface area (Å²) in [6, 6.07) is 12.5. The fraction of sp³-hybridized carbons (Fsp3) is 0.440. The summed E-state index contributed by atoms with van der Waals surface area (Å²) < 4.78 is 5.79. The Hall–Kier alpha value is -2.77. The Balaban J connectivity index is 1.85. The third kappa shape index (κ3) is 6.85. The number of benzene rings is 2. The predicted octanol–water partition coefficient (Wildman–Crippen LogP) is 4.76. The molecule has 0 saturated carbocycles. The molecule has 2 aromatic rings. The first-order valence-corrected chi connectivity index (χ1v) is 11.7. The van der Waals surface area contributed by atoms with Gasteiger partial charge in [0.1, 0.15) is 0 Å². The first-order chi connectivity index (χ1) is 15.7. The molecule has 0 spiro atoms. The van der Waals surface area contributed by atoms with Crippen LogP contribution in [0.5, 0.6) is 0 Å². The van der Waals surface area contributed by atoms with Crippen molar-refractivity contribution in [3.05, 3.63) is 58.6 Å². The fourth-order valence-electron chi connectivity index (χ4n) is 3.87. The van der Waals surface area contributed by atoms with Crippen molar-refractivity contribution in [2.24, 2.45) is 0 Å². The number of hydrogen-bond donors (Lipinski definition) is 2. The van der Waals surface area contributed by atoms with Crippen molar-refractivity contribution in [3.8, 4) is 0 Å². The number of amides is 3. The highest BCUT2D eigenvalue weighted by atomic mass is 35.5. The second-order valence-corrected chi connectivity index (χ2v) is 9.20. The molecule has 7 nitrogen and oxygen atoms in total. The van der Waals surface area contributed by atoms with E-state index in [0.717, 1.165) is 30.7 Å². The van der Waals surface area contributed by atoms with Crippen molar-refractivity contribution < 1.29 is 14.3 Å². The van der Waals surface area contributed by atoms with Crippen LogP contribution in [-0.4, -0.2) is 56.2 Å². The van der Waals surface area contributed by atoms with E-state index in [1.165, 1.54) is 0 Å². The van der Waals surface area contributed by atoms with Crippen molar-refractivity contribution in [1.82, 2.24) is 10.2 Å². The Morgan fingerprint density at radius 3 is 2.58 bits per heavy atom. The number of halogens is 1. The van der Waals surface area contributed by atoms with Crippen LogP contribution in [0.1, 0.15) is 42.6 Å². The van der Waals surface area contributed by atoms with E-state index in [9.17, 15) is 9.59 Å². The third-order valence-electron chi connectivity index (χ3n) is 5.45. The molecule has 178 valence electrons. The van der Waals surface area contributed by atoms with Crippen LogP contribution in [0, 0.1) is 0 Å². The van der Waals surface area contributed by atoms with Crippen LogP contribution in [0.4, 0.5) is 16.2 Å². The molecule has 3 rings (SSSR count). The lowest BCUT2D eigenvalue weighted by atomic mass is 10.1. The van der Waals surface area contributed by atoms with Gasteiger partial charge in [-0.05, 0) is 62.6 Å². The average Bonchev–Trinajstić information content (AvgIpc) is 3.26. The number of ether oxygens (including phenoxy) is 1. The number of nitrogens with one attached hydrogen (secondary N) is 2. The third-order valence-corrected chi connectivity index (χ3v) is 5.78. The molecule has 2 N–H and O–H groups in total. The monoisotopic (exact) mass is 472 g/mol. The highest BCUT2D eigenvalue weighted by Gasteiger charge is 2.24. The van der Waals surface area contributed by atoms with E-state index in [1.807, 2.05) is 51.0 Å². The molecule has 1 aliphatic heterocycles. The zero-order valence-electron chi connectivity index (χ0n) is 19.7. The number of carbonyl (C=O) groups is 2. The standard InChI is InChI=1S/C25H33ClN4O3/c1-17(2)27-25(32)30(16-20-8-7-13-33-20)15-18-14-19(11-12-23(18)29(3)4)28-24(31)21-9-5-6-10-22(21)26/h5-6,9-12,14,17,20H,7-8,13,15-16H2,1-4H3,(H,27,32)(H,28,31). The van der Waals surface area contributed by atoms with E-state index in [2.05, 4.69) is 10.6 Å². The average molecular weight is 473 g/mol. The summed E-state index contributed by atoms with van der Waals surface area (Å²) in [4.78, 5) is 29.5. The number of anilines is 2. The summed E-state index contributed by atoms with van der Waals surface area (Å²) in [6.45, 7) is 5.52. The van der Waals surface area contributed by atoms with Crippen molar-refractivity contribution in [2.75, 3.05) is 37.5 Å². The Morgan fingerprint density at radius 2 is 1.94 bits per heavy atom. The van der Waals surface area contributed by atoms with Gasteiger partial charge < -0.3 is 25.2 Å². The molecule has 1 heterocycles. The Morgan fingerprint density at radius 1 is 1.18 bits per heavy atom. The smallest absolute Gasteiger partial charge is 0.317 e. The molecular weight excluding hydrogens is 440 g/mol. The van der Waals surface area contributed by atoms with Gasteiger partial charge in [-0.15, -0.1) is 0 Å². The van der Waals surface area contributed by atoms with Crippen molar-refractivity contribution in [3.63, 3.8) is 0 Å². The van der Waals surface area contributed by atoms with E-state index in [1.54, 1.807) is 29.2 Å². The minimum absolute atomic E-state index is 0.0269. The molecule has 3 amide bonds.